The minimum Gasteiger partial charge on any atom is -0.313 e. The molecule has 0 amide bonds. The van der Waals surface area contributed by atoms with Crippen molar-refractivity contribution < 1.29 is 0 Å². The summed E-state index contributed by atoms with van der Waals surface area (Å²) in [6, 6.07) is 0.716. The van der Waals surface area contributed by atoms with E-state index < -0.39 is 0 Å². The largest absolute Gasteiger partial charge is 0.313 e. The van der Waals surface area contributed by atoms with E-state index in [2.05, 4.69) is 31.0 Å². The van der Waals surface area contributed by atoms with Crippen LogP contribution in [0.1, 0.15) is 52.9 Å². The minimum absolute atomic E-state index is 0.716. The Morgan fingerprint density at radius 3 is 2.38 bits per heavy atom. The quantitative estimate of drug-likeness (QED) is 0.718. The van der Waals surface area contributed by atoms with E-state index in [1.165, 1.54) is 51.7 Å². The lowest BCUT2D eigenvalue weighted by molar-refractivity contribution is 0.164. The predicted octanol–water partition coefficient (Wildman–Crippen LogP) is 2.89. The van der Waals surface area contributed by atoms with Gasteiger partial charge in [-0.2, -0.15) is 0 Å². The van der Waals surface area contributed by atoms with Gasteiger partial charge in [0.15, 0.2) is 0 Å². The van der Waals surface area contributed by atoms with Gasteiger partial charge in [-0.15, -0.1) is 0 Å². The molecule has 0 aromatic rings. The second-order valence-electron chi connectivity index (χ2n) is 5.20. The van der Waals surface area contributed by atoms with Gasteiger partial charge in [-0.3, -0.25) is 0 Å². The van der Waals surface area contributed by atoms with Crippen molar-refractivity contribution in [3.05, 3.63) is 0 Å². The predicted molar refractivity (Wildman–Crippen MR) is 71.8 cm³/mol. The smallest absolute Gasteiger partial charge is 0.0194 e. The van der Waals surface area contributed by atoms with Crippen molar-refractivity contribution in [2.75, 3.05) is 26.2 Å². The van der Waals surface area contributed by atoms with Crippen molar-refractivity contribution in [2.24, 2.45) is 5.92 Å². The van der Waals surface area contributed by atoms with E-state index in [-0.39, 0.29) is 0 Å². The lowest BCUT2D eigenvalue weighted by Gasteiger charge is -2.34. The summed E-state index contributed by atoms with van der Waals surface area (Å²) in [5.74, 6) is 1.00. The molecule has 0 aromatic heterocycles. The summed E-state index contributed by atoms with van der Waals surface area (Å²) in [6.07, 6.45) is 6.83. The SMILES string of the molecule is CCCC(CN1CCC(CC)CC1)NCC. The lowest BCUT2D eigenvalue weighted by atomic mass is 9.94. The Kier molecular flexibility index (Phi) is 7.06. The topological polar surface area (TPSA) is 15.3 Å². The molecule has 0 bridgehead atoms. The maximum absolute atomic E-state index is 3.61. The average Bonchev–Trinajstić information content (AvgIpc) is 2.31. The third-order valence-electron chi connectivity index (χ3n) is 3.89. The van der Waals surface area contributed by atoms with Crippen LogP contribution < -0.4 is 5.32 Å². The van der Waals surface area contributed by atoms with Gasteiger partial charge in [0.1, 0.15) is 0 Å². The molecule has 1 heterocycles. The molecule has 1 unspecified atom stereocenters. The molecule has 2 nitrogen and oxygen atoms in total. The number of rotatable bonds is 7. The minimum atomic E-state index is 0.716. The van der Waals surface area contributed by atoms with E-state index in [4.69, 9.17) is 0 Å². The highest BCUT2D eigenvalue weighted by atomic mass is 15.2. The molecular formula is C14H30N2. The number of hydrogen-bond acceptors (Lipinski definition) is 2. The molecule has 1 atom stereocenters. The molecule has 0 radical (unpaired) electrons. The third-order valence-corrected chi connectivity index (χ3v) is 3.89. The van der Waals surface area contributed by atoms with Crippen LogP contribution in [0.5, 0.6) is 0 Å². The highest BCUT2D eigenvalue weighted by Crippen LogP contribution is 2.20. The zero-order valence-electron chi connectivity index (χ0n) is 11.5. The Morgan fingerprint density at radius 1 is 1.19 bits per heavy atom. The zero-order valence-corrected chi connectivity index (χ0v) is 11.5. The molecule has 0 aromatic carbocycles. The van der Waals surface area contributed by atoms with E-state index in [0.29, 0.717) is 6.04 Å². The number of nitrogens with one attached hydrogen (secondary N) is 1. The van der Waals surface area contributed by atoms with Crippen LogP contribution in [0.2, 0.25) is 0 Å². The standard InChI is InChI=1S/C14H30N2/c1-4-7-14(15-6-3)12-16-10-8-13(5-2)9-11-16/h13-15H,4-12H2,1-3H3. The van der Waals surface area contributed by atoms with Gasteiger partial charge < -0.3 is 10.2 Å². The third kappa shape index (κ3) is 4.84. The van der Waals surface area contributed by atoms with Crippen molar-refractivity contribution in [2.45, 2.75) is 58.9 Å². The van der Waals surface area contributed by atoms with E-state index in [1.54, 1.807) is 0 Å². The Morgan fingerprint density at radius 2 is 1.88 bits per heavy atom. The van der Waals surface area contributed by atoms with Crippen molar-refractivity contribution >= 4 is 0 Å². The Labute approximate surface area is 102 Å². The number of nitrogens with zero attached hydrogens (tertiary/aromatic N) is 1. The van der Waals surface area contributed by atoms with Crippen LogP contribution in [-0.4, -0.2) is 37.1 Å². The summed E-state index contributed by atoms with van der Waals surface area (Å²) in [5, 5.41) is 3.61. The van der Waals surface area contributed by atoms with E-state index in [0.717, 1.165) is 12.5 Å². The molecule has 96 valence electrons. The summed E-state index contributed by atoms with van der Waals surface area (Å²) in [5.41, 5.74) is 0. The lowest BCUT2D eigenvalue weighted by Crippen LogP contribution is -2.44. The molecule has 1 aliphatic rings. The van der Waals surface area contributed by atoms with Gasteiger partial charge >= 0.3 is 0 Å². The van der Waals surface area contributed by atoms with Crippen LogP contribution in [0.3, 0.4) is 0 Å². The van der Waals surface area contributed by atoms with Gasteiger partial charge in [-0.1, -0.05) is 33.6 Å². The van der Waals surface area contributed by atoms with Crippen molar-refractivity contribution in [1.29, 1.82) is 0 Å². The fourth-order valence-corrected chi connectivity index (χ4v) is 2.78. The molecule has 0 spiro atoms. The molecular weight excluding hydrogens is 196 g/mol. The monoisotopic (exact) mass is 226 g/mol. The Hall–Kier alpha value is -0.0800. The van der Waals surface area contributed by atoms with Crippen LogP contribution in [0.15, 0.2) is 0 Å². The molecule has 0 aliphatic carbocycles. The van der Waals surface area contributed by atoms with Crippen LogP contribution in [0.25, 0.3) is 0 Å². The van der Waals surface area contributed by atoms with Gasteiger partial charge in [0.05, 0.1) is 0 Å². The van der Waals surface area contributed by atoms with Gasteiger partial charge in [0, 0.05) is 12.6 Å². The molecule has 1 N–H and O–H groups in total. The van der Waals surface area contributed by atoms with Crippen molar-refractivity contribution in [3.8, 4) is 0 Å². The molecule has 1 saturated heterocycles. The van der Waals surface area contributed by atoms with E-state index in [1.807, 2.05) is 0 Å². The number of hydrogen-bond donors (Lipinski definition) is 1. The van der Waals surface area contributed by atoms with Crippen LogP contribution in [0, 0.1) is 5.92 Å². The van der Waals surface area contributed by atoms with E-state index >= 15 is 0 Å². The molecule has 0 saturated carbocycles. The molecule has 1 rings (SSSR count). The number of likely N-dealkylation sites (N-methyl/N-ethyl adjacent to an activating group) is 1. The van der Waals surface area contributed by atoms with Crippen molar-refractivity contribution in [1.82, 2.24) is 10.2 Å². The normalized spacial score (nSPS) is 21.2. The van der Waals surface area contributed by atoms with Crippen LogP contribution in [-0.2, 0) is 0 Å². The highest BCUT2D eigenvalue weighted by Gasteiger charge is 2.19. The fraction of sp³-hybridized carbons (Fsp3) is 1.00. The summed E-state index contributed by atoms with van der Waals surface area (Å²) >= 11 is 0. The second kappa shape index (κ2) is 8.08. The first kappa shape index (κ1) is 14.0. The summed E-state index contributed by atoms with van der Waals surface area (Å²) in [6.45, 7) is 11.8. The highest BCUT2D eigenvalue weighted by molar-refractivity contribution is 4.76. The second-order valence-corrected chi connectivity index (χ2v) is 5.20. The summed E-state index contributed by atoms with van der Waals surface area (Å²) in [7, 11) is 0. The summed E-state index contributed by atoms with van der Waals surface area (Å²) in [4.78, 5) is 2.66. The van der Waals surface area contributed by atoms with Gasteiger partial charge in [0.25, 0.3) is 0 Å². The zero-order chi connectivity index (χ0) is 11.8. The molecule has 16 heavy (non-hydrogen) atoms. The van der Waals surface area contributed by atoms with Crippen LogP contribution in [0.4, 0.5) is 0 Å². The number of likely N-dealkylation sites (tertiary alicyclic amines) is 1. The Balaban J connectivity index is 2.24. The van der Waals surface area contributed by atoms with E-state index in [9.17, 15) is 0 Å². The van der Waals surface area contributed by atoms with Gasteiger partial charge in [-0.25, -0.2) is 0 Å². The van der Waals surface area contributed by atoms with Gasteiger partial charge in [0.2, 0.25) is 0 Å². The first-order valence-electron chi connectivity index (χ1n) is 7.25. The molecule has 1 fully saturated rings. The van der Waals surface area contributed by atoms with Gasteiger partial charge in [-0.05, 0) is 44.8 Å². The fourth-order valence-electron chi connectivity index (χ4n) is 2.78. The average molecular weight is 226 g/mol. The maximum atomic E-state index is 3.61. The van der Waals surface area contributed by atoms with Crippen molar-refractivity contribution in [3.63, 3.8) is 0 Å². The number of piperidine rings is 1. The molecule has 2 heteroatoms. The molecule has 1 aliphatic heterocycles. The first-order chi connectivity index (χ1) is 7.80. The Bertz CT molecular complexity index is 156. The maximum Gasteiger partial charge on any atom is 0.0194 e. The summed E-state index contributed by atoms with van der Waals surface area (Å²) < 4.78 is 0. The van der Waals surface area contributed by atoms with Crippen LogP contribution >= 0.6 is 0 Å². The first-order valence-corrected chi connectivity index (χ1v) is 7.25.